The van der Waals surface area contributed by atoms with Gasteiger partial charge in [-0.15, -0.1) is 0 Å². The Morgan fingerprint density at radius 1 is 1.65 bits per heavy atom. The highest BCUT2D eigenvalue weighted by Gasteiger charge is 2.30. The highest BCUT2D eigenvalue weighted by molar-refractivity contribution is 7.89. The van der Waals surface area contributed by atoms with E-state index in [1.807, 2.05) is 6.92 Å². The molecular weight excluding hydrogens is 244 g/mol. The van der Waals surface area contributed by atoms with E-state index in [0.717, 1.165) is 6.20 Å². The van der Waals surface area contributed by atoms with Crippen molar-refractivity contribution in [2.75, 3.05) is 12.3 Å². The highest BCUT2D eigenvalue weighted by atomic mass is 32.2. The largest absolute Gasteiger partial charge is 0.396 e. The van der Waals surface area contributed by atoms with Crippen molar-refractivity contribution in [3.05, 3.63) is 6.20 Å². The normalized spacial score (nSPS) is 15.7. The molecule has 5 N–H and O–H groups in total. The van der Waals surface area contributed by atoms with Crippen LogP contribution in [-0.2, 0) is 10.0 Å². The van der Waals surface area contributed by atoms with E-state index in [1.165, 1.54) is 0 Å². The number of nitrogens with one attached hydrogen (secondary N) is 2. The lowest BCUT2D eigenvalue weighted by atomic mass is 9.97. The third-order valence-corrected chi connectivity index (χ3v) is 4.41. The average molecular weight is 262 g/mol. The molecule has 7 nitrogen and oxygen atoms in total. The number of nitrogen functional groups attached to an aromatic ring is 1. The Morgan fingerprint density at radius 2 is 2.29 bits per heavy atom. The fourth-order valence-electron chi connectivity index (χ4n) is 1.43. The van der Waals surface area contributed by atoms with E-state index in [2.05, 4.69) is 14.9 Å². The molecule has 0 bridgehead atoms. The number of hydrogen-bond acceptors (Lipinski definition) is 5. The van der Waals surface area contributed by atoms with Crippen molar-refractivity contribution < 1.29 is 13.5 Å². The van der Waals surface area contributed by atoms with Gasteiger partial charge in [0.25, 0.3) is 0 Å². The van der Waals surface area contributed by atoms with Gasteiger partial charge in [-0.2, -0.15) is 5.10 Å². The minimum Gasteiger partial charge on any atom is -0.396 e. The van der Waals surface area contributed by atoms with Crippen LogP contribution in [-0.4, -0.2) is 35.9 Å². The van der Waals surface area contributed by atoms with Gasteiger partial charge in [-0.3, -0.25) is 5.10 Å². The summed E-state index contributed by atoms with van der Waals surface area (Å²) in [6.45, 7) is 3.49. The second-order valence-corrected chi connectivity index (χ2v) is 5.79. The molecule has 0 aliphatic heterocycles. The number of aromatic amines is 1. The molecule has 8 heteroatoms. The fraction of sp³-hybridized carbons (Fsp3) is 0.667. The summed E-state index contributed by atoms with van der Waals surface area (Å²) in [6, 6.07) is 0. The molecule has 98 valence electrons. The van der Waals surface area contributed by atoms with Crippen molar-refractivity contribution in [1.82, 2.24) is 14.9 Å². The third kappa shape index (κ3) is 3.18. The van der Waals surface area contributed by atoms with Crippen LogP contribution in [0.15, 0.2) is 11.1 Å². The molecule has 0 saturated heterocycles. The maximum Gasteiger partial charge on any atom is 0.246 e. The van der Waals surface area contributed by atoms with E-state index >= 15 is 0 Å². The van der Waals surface area contributed by atoms with Crippen LogP contribution in [0, 0.1) is 0 Å². The van der Waals surface area contributed by atoms with E-state index in [1.54, 1.807) is 6.92 Å². The molecule has 0 saturated carbocycles. The first-order chi connectivity index (χ1) is 7.84. The molecule has 0 aliphatic rings. The Labute approximate surface area is 100 Å². The van der Waals surface area contributed by atoms with Crippen LogP contribution in [0.25, 0.3) is 0 Å². The van der Waals surface area contributed by atoms with E-state index in [-0.39, 0.29) is 17.3 Å². The summed E-state index contributed by atoms with van der Waals surface area (Å²) in [4.78, 5) is -0.0740. The van der Waals surface area contributed by atoms with Crippen LogP contribution < -0.4 is 10.5 Å². The van der Waals surface area contributed by atoms with Gasteiger partial charge in [0.15, 0.2) is 0 Å². The topological polar surface area (TPSA) is 121 Å². The van der Waals surface area contributed by atoms with Crippen LogP contribution in [0.4, 0.5) is 5.82 Å². The van der Waals surface area contributed by atoms with Crippen LogP contribution in [0.3, 0.4) is 0 Å². The molecular formula is C9H18N4O3S. The first kappa shape index (κ1) is 13.9. The Morgan fingerprint density at radius 3 is 2.71 bits per heavy atom. The molecule has 0 amide bonds. The van der Waals surface area contributed by atoms with Gasteiger partial charge < -0.3 is 10.8 Å². The zero-order chi connectivity index (χ0) is 13.1. The molecule has 1 rings (SSSR count). The lowest BCUT2D eigenvalue weighted by molar-refractivity contribution is 0.233. The first-order valence-corrected chi connectivity index (χ1v) is 6.76. The minimum absolute atomic E-state index is 0.0000449. The number of H-pyrrole nitrogens is 1. The van der Waals surface area contributed by atoms with Crippen molar-refractivity contribution in [2.45, 2.75) is 37.1 Å². The van der Waals surface area contributed by atoms with Crippen LogP contribution in [0.2, 0.25) is 0 Å². The molecule has 0 spiro atoms. The summed E-state index contributed by atoms with van der Waals surface area (Å²) >= 11 is 0. The minimum atomic E-state index is -3.72. The number of rotatable bonds is 6. The van der Waals surface area contributed by atoms with Crippen molar-refractivity contribution in [1.29, 1.82) is 0 Å². The Hall–Kier alpha value is -1.12. The smallest absolute Gasteiger partial charge is 0.246 e. The van der Waals surface area contributed by atoms with E-state index < -0.39 is 15.6 Å². The molecule has 17 heavy (non-hydrogen) atoms. The molecule has 1 aromatic heterocycles. The molecule has 0 fully saturated rings. The van der Waals surface area contributed by atoms with Crippen molar-refractivity contribution >= 4 is 15.8 Å². The molecule has 0 aromatic carbocycles. The summed E-state index contributed by atoms with van der Waals surface area (Å²) < 4.78 is 26.6. The predicted octanol–water partition coefficient (Wildman–Crippen LogP) is -0.179. The average Bonchev–Trinajstić information content (AvgIpc) is 2.65. The standard InChI is InChI=1S/C9H18N4O3S/c1-3-9(2,4-5-14)13-17(15,16)7-6-11-12-8(7)10/h6,13-14H,3-5H2,1-2H3,(H3,10,11,12). The summed E-state index contributed by atoms with van der Waals surface area (Å²) in [6.07, 6.45) is 2.05. The lowest BCUT2D eigenvalue weighted by Crippen LogP contribution is -2.46. The second kappa shape index (κ2) is 5.03. The zero-order valence-corrected chi connectivity index (χ0v) is 10.7. The molecule has 1 unspecified atom stereocenters. The van der Waals surface area contributed by atoms with Crippen LogP contribution in [0.1, 0.15) is 26.7 Å². The number of aromatic nitrogens is 2. The Kier molecular flexibility index (Phi) is 4.12. The molecule has 1 heterocycles. The van der Waals surface area contributed by atoms with Gasteiger partial charge in [0, 0.05) is 12.1 Å². The predicted molar refractivity (Wildman–Crippen MR) is 63.7 cm³/mol. The number of aliphatic hydroxyl groups is 1. The van der Waals surface area contributed by atoms with Gasteiger partial charge in [-0.25, -0.2) is 13.1 Å². The highest BCUT2D eigenvalue weighted by Crippen LogP contribution is 2.21. The first-order valence-electron chi connectivity index (χ1n) is 5.28. The Bertz CT molecular complexity index is 470. The molecule has 1 atom stereocenters. The quantitative estimate of drug-likeness (QED) is 0.566. The molecule has 1 aromatic rings. The van der Waals surface area contributed by atoms with Gasteiger partial charge in [0.05, 0.1) is 6.20 Å². The van der Waals surface area contributed by atoms with Crippen molar-refractivity contribution in [2.24, 2.45) is 0 Å². The fourth-order valence-corrected chi connectivity index (χ4v) is 2.96. The molecule has 0 radical (unpaired) electrons. The summed E-state index contributed by atoms with van der Waals surface area (Å²) in [5, 5.41) is 14.9. The van der Waals surface area contributed by atoms with Crippen molar-refractivity contribution in [3.8, 4) is 0 Å². The number of sulfonamides is 1. The number of anilines is 1. The van der Waals surface area contributed by atoms with Crippen LogP contribution in [0.5, 0.6) is 0 Å². The van der Waals surface area contributed by atoms with Gasteiger partial charge in [-0.05, 0) is 19.8 Å². The van der Waals surface area contributed by atoms with E-state index in [9.17, 15) is 8.42 Å². The zero-order valence-electron chi connectivity index (χ0n) is 9.90. The Balaban J connectivity index is 2.98. The van der Waals surface area contributed by atoms with Gasteiger partial charge in [0.2, 0.25) is 10.0 Å². The maximum atomic E-state index is 12.0. The third-order valence-electron chi connectivity index (χ3n) is 2.75. The number of hydrogen-bond donors (Lipinski definition) is 4. The maximum absolute atomic E-state index is 12.0. The molecule has 0 aliphatic carbocycles. The number of nitrogens with zero attached hydrogens (tertiary/aromatic N) is 1. The second-order valence-electron chi connectivity index (χ2n) is 4.14. The summed E-state index contributed by atoms with van der Waals surface area (Å²) in [7, 11) is -3.72. The van der Waals surface area contributed by atoms with E-state index in [4.69, 9.17) is 10.8 Å². The van der Waals surface area contributed by atoms with Gasteiger partial charge in [0.1, 0.15) is 10.7 Å². The van der Waals surface area contributed by atoms with Gasteiger partial charge in [-0.1, -0.05) is 6.92 Å². The van der Waals surface area contributed by atoms with Crippen LogP contribution >= 0.6 is 0 Å². The monoisotopic (exact) mass is 262 g/mol. The van der Waals surface area contributed by atoms with E-state index in [0.29, 0.717) is 12.8 Å². The van der Waals surface area contributed by atoms with Gasteiger partial charge >= 0.3 is 0 Å². The number of nitrogens with two attached hydrogens (primary N) is 1. The SMILES string of the molecule is CCC(C)(CCO)NS(=O)(=O)c1cn[nH]c1N. The van der Waals surface area contributed by atoms with Crippen molar-refractivity contribution in [3.63, 3.8) is 0 Å². The number of aliphatic hydroxyl groups excluding tert-OH is 1. The summed E-state index contributed by atoms with van der Waals surface area (Å²) in [5.41, 5.74) is 4.78. The lowest BCUT2D eigenvalue weighted by Gasteiger charge is -2.28. The summed E-state index contributed by atoms with van der Waals surface area (Å²) in [5.74, 6) is -0.0000449.